The van der Waals surface area contributed by atoms with Crippen molar-refractivity contribution in [1.29, 1.82) is 0 Å². The van der Waals surface area contributed by atoms with Gasteiger partial charge < -0.3 is 0 Å². The Bertz CT molecular complexity index is 991. The first-order chi connectivity index (χ1) is 17.7. The molecule has 0 aliphatic heterocycles. The summed E-state index contributed by atoms with van der Waals surface area (Å²) in [5, 5.41) is 0. The van der Waals surface area contributed by atoms with Crippen LogP contribution in [0.5, 0.6) is 0 Å². The zero-order valence-corrected chi connectivity index (χ0v) is 22.7. The van der Waals surface area contributed by atoms with Crippen LogP contribution in [0.3, 0.4) is 0 Å². The van der Waals surface area contributed by atoms with Crippen molar-refractivity contribution in [3.05, 3.63) is 77.7 Å². The Morgan fingerprint density at radius 2 is 1.08 bits per heavy atom. The zero-order chi connectivity index (χ0) is 25.4. The Balaban J connectivity index is 1.48. The van der Waals surface area contributed by atoms with Crippen LogP contribution in [0, 0.1) is 5.82 Å². The van der Waals surface area contributed by atoms with Gasteiger partial charge in [-0.2, -0.15) is 0 Å². The molecular formula is C34H46FN. The SMILES string of the molecule is CCCCCCCCCc1ccc(-c2ccc(-c3ccc(CCCCCCCC)cc3F)nc2)cc1. The minimum absolute atomic E-state index is 0.173. The lowest BCUT2D eigenvalue weighted by atomic mass is 10.00. The summed E-state index contributed by atoms with van der Waals surface area (Å²) in [5.41, 5.74) is 5.99. The Kier molecular flexibility index (Phi) is 12.7. The summed E-state index contributed by atoms with van der Waals surface area (Å²) in [6.45, 7) is 4.51. The molecule has 3 rings (SSSR count). The molecule has 194 valence electrons. The highest BCUT2D eigenvalue weighted by Gasteiger charge is 2.09. The van der Waals surface area contributed by atoms with Gasteiger partial charge in [0.15, 0.2) is 0 Å². The molecule has 0 radical (unpaired) electrons. The maximum atomic E-state index is 14.8. The average molecular weight is 488 g/mol. The number of pyridine rings is 1. The van der Waals surface area contributed by atoms with Crippen molar-refractivity contribution in [3.8, 4) is 22.4 Å². The summed E-state index contributed by atoms with van der Waals surface area (Å²) in [6.07, 6.45) is 20.9. The van der Waals surface area contributed by atoms with Gasteiger partial charge in [-0.3, -0.25) is 4.98 Å². The fraction of sp³-hybridized carbons (Fsp3) is 0.500. The number of benzene rings is 2. The zero-order valence-electron chi connectivity index (χ0n) is 22.7. The third kappa shape index (κ3) is 9.52. The van der Waals surface area contributed by atoms with E-state index in [0.717, 1.165) is 36.0 Å². The molecule has 0 unspecified atom stereocenters. The predicted octanol–water partition coefficient (Wildman–Crippen LogP) is 10.8. The van der Waals surface area contributed by atoms with E-state index in [9.17, 15) is 4.39 Å². The molecule has 1 nitrogen and oxygen atoms in total. The normalized spacial score (nSPS) is 11.2. The van der Waals surface area contributed by atoms with Gasteiger partial charge in [-0.05, 0) is 60.6 Å². The quantitative estimate of drug-likeness (QED) is 0.173. The topological polar surface area (TPSA) is 12.9 Å². The molecule has 0 aliphatic carbocycles. The molecule has 0 N–H and O–H groups in total. The number of aromatic nitrogens is 1. The molecule has 0 spiro atoms. The van der Waals surface area contributed by atoms with Crippen LogP contribution in [-0.4, -0.2) is 4.98 Å². The number of unbranched alkanes of at least 4 members (excludes halogenated alkanes) is 11. The van der Waals surface area contributed by atoms with Crippen molar-refractivity contribution in [2.24, 2.45) is 0 Å². The molecule has 0 atom stereocenters. The van der Waals surface area contributed by atoms with Crippen molar-refractivity contribution in [3.63, 3.8) is 0 Å². The number of hydrogen-bond donors (Lipinski definition) is 0. The minimum Gasteiger partial charge on any atom is -0.256 e. The Morgan fingerprint density at radius 3 is 1.64 bits per heavy atom. The first-order valence-electron chi connectivity index (χ1n) is 14.6. The summed E-state index contributed by atoms with van der Waals surface area (Å²) in [6, 6.07) is 18.5. The van der Waals surface area contributed by atoms with Crippen LogP contribution in [0.4, 0.5) is 4.39 Å². The lowest BCUT2D eigenvalue weighted by molar-refractivity contribution is 0.589. The third-order valence-electron chi connectivity index (χ3n) is 7.25. The van der Waals surface area contributed by atoms with Crippen molar-refractivity contribution in [2.75, 3.05) is 0 Å². The van der Waals surface area contributed by atoms with E-state index in [-0.39, 0.29) is 5.82 Å². The first kappa shape index (κ1) is 28.1. The highest BCUT2D eigenvalue weighted by molar-refractivity contribution is 5.67. The molecule has 1 heterocycles. The van der Waals surface area contributed by atoms with Crippen LogP contribution in [-0.2, 0) is 12.8 Å². The Labute approximate surface area is 219 Å². The maximum Gasteiger partial charge on any atom is 0.132 e. The van der Waals surface area contributed by atoms with E-state index in [1.807, 2.05) is 18.3 Å². The van der Waals surface area contributed by atoms with E-state index >= 15 is 0 Å². The highest BCUT2D eigenvalue weighted by Crippen LogP contribution is 2.26. The largest absolute Gasteiger partial charge is 0.256 e. The number of hydrogen-bond acceptors (Lipinski definition) is 1. The smallest absolute Gasteiger partial charge is 0.132 e. The van der Waals surface area contributed by atoms with Gasteiger partial charge in [0.1, 0.15) is 5.82 Å². The van der Waals surface area contributed by atoms with Crippen molar-refractivity contribution >= 4 is 0 Å². The molecule has 1 aromatic heterocycles. The minimum atomic E-state index is -0.173. The van der Waals surface area contributed by atoms with Gasteiger partial charge in [0.05, 0.1) is 5.69 Å². The standard InChI is InChI=1S/C34H46FN/c1-3-5-7-9-11-13-14-16-28-18-21-30(22-19-28)31-23-25-34(36-27-31)32-24-20-29(26-33(32)35)17-15-12-10-8-6-4-2/h18-27H,3-17H2,1-2H3. The van der Waals surface area contributed by atoms with Crippen molar-refractivity contribution < 1.29 is 4.39 Å². The third-order valence-corrected chi connectivity index (χ3v) is 7.25. The molecule has 36 heavy (non-hydrogen) atoms. The van der Waals surface area contributed by atoms with Crippen LogP contribution >= 0.6 is 0 Å². The summed E-state index contributed by atoms with van der Waals surface area (Å²) >= 11 is 0. The molecule has 0 aliphatic rings. The van der Waals surface area contributed by atoms with E-state index < -0.39 is 0 Å². The Morgan fingerprint density at radius 1 is 0.556 bits per heavy atom. The summed E-state index contributed by atoms with van der Waals surface area (Å²) < 4.78 is 14.8. The van der Waals surface area contributed by atoms with Gasteiger partial charge in [-0.15, -0.1) is 0 Å². The van der Waals surface area contributed by atoms with E-state index in [1.54, 1.807) is 6.07 Å². The van der Waals surface area contributed by atoms with Gasteiger partial charge in [0.2, 0.25) is 0 Å². The Hall–Kier alpha value is -2.48. The van der Waals surface area contributed by atoms with Gasteiger partial charge in [0, 0.05) is 17.3 Å². The van der Waals surface area contributed by atoms with E-state index in [0.29, 0.717) is 11.3 Å². The van der Waals surface area contributed by atoms with Gasteiger partial charge >= 0.3 is 0 Å². The second-order valence-corrected chi connectivity index (χ2v) is 10.3. The summed E-state index contributed by atoms with van der Waals surface area (Å²) in [4.78, 5) is 4.59. The molecular weight excluding hydrogens is 441 g/mol. The van der Waals surface area contributed by atoms with E-state index in [2.05, 4.69) is 55.2 Å². The van der Waals surface area contributed by atoms with Gasteiger partial charge in [-0.1, -0.05) is 121 Å². The van der Waals surface area contributed by atoms with Crippen LogP contribution in [0.15, 0.2) is 60.8 Å². The maximum absolute atomic E-state index is 14.8. The van der Waals surface area contributed by atoms with Gasteiger partial charge in [-0.25, -0.2) is 4.39 Å². The number of nitrogens with zero attached hydrogens (tertiary/aromatic N) is 1. The van der Waals surface area contributed by atoms with Crippen LogP contribution < -0.4 is 0 Å². The summed E-state index contributed by atoms with van der Waals surface area (Å²) in [7, 11) is 0. The van der Waals surface area contributed by atoms with E-state index in [4.69, 9.17) is 0 Å². The first-order valence-corrected chi connectivity index (χ1v) is 14.6. The number of halogens is 1. The molecule has 0 saturated heterocycles. The van der Waals surface area contributed by atoms with Gasteiger partial charge in [0.25, 0.3) is 0 Å². The molecule has 0 fully saturated rings. The summed E-state index contributed by atoms with van der Waals surface area (Å²) in [5.74, 6) is -0.173. The molecule has 0 bridgehead atoms. The van der Waals surface area contributed by atoms with E-state index in [1.165, 1.54) is 82.6 Å². The molecule has 0 amide bonds. The monoisotopic (exact) mass is 487 g/mol. The average Bonchev–Trinajstić information content (AvgIpc) is 2.91. The second kappa shape index (κ2) is 16.3. The van der Waals surface area contributed by atoms with Crippen LogP contribution in [0.25, 0.3) is 22.4 Å². The van der Waals surface area contributed by atoms with Crippen molar-refractivity contribution in [1.82, 2.24) is 4.98 Å². The molecule has 0 saturated carbocycles. The lowest BCUT2D eigenvalue weighted by Crippen LogP contribution is -1.93. The number of aryl methyl sites for hydroxylation is 2. The fourth-order valence-corrected chi connectivity index (χ4v) is 4.91. The lowest BCUT2D eigenvalue weighted by Gasteiger charge is -2.08. The van der Waals surface area contributed by atoms with Crippen molar-refractivity contribution in [2.45, 2.75) is 110 Å². The fourth-order valence-electron chi connectivity index (χ4n) is 4.91. The van der Waals surface area contributed by atoms with Crippen LogP contribution in [0.1, 0.15) is 108 Å². The number of rotatable bonds is 17. The predicted molar refractivity (Wildman–Crippen MR) is 154 cm³/mol. The molecule has 2 aromatic carbocycles. The second-order valence-electron chi connectivity index (χ2n) is 10.3. The van der Waals surface area contributed by atoms with Crippen LogP contribution in [0.2, 0.25) is 0 Å². The molecule has 2 heteroatoms. The molecule has 3 aromatic rings. The highest BCUT2D eigenvalue weighted by atomic mass is 19.1.